The second-order valence-electron chi connectivity index (χ2n) is 3.72. The molecule has 0 fully saturated rings. The Labute approximate surface area is 95.7 Å². The van der Waals surface area contributed by atoms with Crippen molar-refractivity contribution in [2.75, 3.05) is 0 Å². The zero-order chi connectivity index (χ0) is 11.8. The third kappa shape index (κ3) is 1.39. The van der Waals surface area contributed by atoms with Crippen LogP contribution in [0.1, 0.15) is 13.3 Å². The molecule has 0 spiro atoms. The van der Waals surface area contributed by atoms with Crippen LogP contribution >= 0.6 is 0 Å². The summed E-state index contributed by atoms with van der Waals surface area (Å²) in [6.45, 7) is 2.69. The minimum atomic E-state index is -0.144. The van der Waals surface area contributed by atoms with Crippen LogP contribution in [-0.4, -0.2) is 29.4 Å². The SMILES string of the molecule is CCCn1ccc2c(nnc3ncnn32)c1=O. The third-order valence-electron chi connectivity index (χ3n) is 2.58. The molecule has 7 heteroatoms. The molecule has 0 N–H and O–H groups in total. The van der Waals surface area contributed by atoms with Crippen molar-refractivity contribution < 1.29 is 0 Å². The Kier molecular flexibility index (Phi) is 2.10. The second-order valence-corrected chi connectivity index (χ2v) is 3.72. The molecule has 0 atom stereocenters. The topological polar surface area (TPSA) is 78.0 Å². The molecule has 0 bridgehead atoms. The van der Waals surface area contributed by atoms with Crippen LogP contribution in [0.5, 0.6) is 0 Å². The maximum Gasteiger partial charge on any atom is 0.280 e. The van der Waals surface area contributed by atoms with Crippen molar-refractivity contribution in [2.24, 2.45) is 0 Å². The van der Waals surface area contributed by atoms with Gasteiger partial charge in [0.2, 0.25) is 0 Å². The molecule has 7 nitrogen and oxygen atoms in total. The lowest BCUT2D eigenvalue weighted by Gasteiger charge is -2.04. The van der Waals surface area contributed by atoms with E-state index in [-0.39, 0.29) is 5.56 Å². The highest BCUT2D eigenvalue weighted by molar-refractivity contribution is 5.74. The molecule has 3 heterocycles. The van der Waals surface area contributed by atoms with Crippen LogP contribution in [0.4, 0.5) is 0 Å². The van der Waals surface area contributed by atoms with Gasteiger partial charge in [0, 0.05) is 12.7 Å². The fourth-order valence-electron chi connectivity index (χ4n) is 1.80. The van der Waals surface area contributed by atoms with E-state index in [2.05, 4.69) is 20.3 Å². The highest BCUT2D eigenvalue weighted by Gasteiger charge is 2.09. The van der Waals surface area contributed by atoms with E-state index >= 15 is 0 Å². The van der Waals surface area contributed by atoms with E-state index in [4.69, 9.17) is 0 Å². The fourth-order valence-corrected chi connectivity index (χ4v) is 1.80. The van der Waals surface area contributed by atoms with Crippen LogP contribution in [0.2, 0.25) is 0 Å². The quantitative estimate of drug-likeness (QED) is 0.630. The number of rotatable bonds is 2. The molecule has 0 saturated carbocycles. The summed E-state index contributed by atoms with van der Waals surface area (Å²) in [5.74, 6) is 0.394. The molecular formula is C10H10N6O. The van der Waals surface area contributed by atoms with Crippen LogP contribution < -0.4 is 5.56 Å². The van der Waals surface area contributed by atoms with Crippen LogP contribution in [0, 0.1) is 0 Å². The number of hydrogen-bond acceptors (Lipinski definition) is 5. The number of aromatic nitrogens is 6. The average Bonchev–Trinajstić information content (AvgIpc) is 2.81. The normalized spacial score (nSPS) is 11.4. The van der Waals surface area contributed by atoms with Gasteiger partial charge in [-0.15, -0.1) is 10.2 Å². The minimum Gasteiger partial charge on any atom is -0.313 e. The van der Waals surface area contributed by atoms with Gasteiger partial charge >= 0.3 is 0 Å². The Hall–Kier alpha value is -2.31. The summed E-state index contributed by atoms with van der Waals surface area (Å²) in [4.78, 5) is 16.0. The van der Waals surface area contributed by atoms with E-state index in [0.29, 0.717) is 23.4 Å². The minimum absolute atomic E-state index is 0.144. The predicted molar refractivity (Wildman–Crippen MR) is 60.6 cm³/mol. The van der Waals surface area contributed by atoms with Gasteiger partial charge in [-0.2, -0.15) is 14.6 Å². The number of hydrogen-bond donors (Lipinski definition) is 0. The lowest BCUT2D eigenvalue weighted by molar-refractivity contribution is 0.656. The fraction of sp³-hybridized carbons (Fsp3) is 0.300. The molecule has 86 valence electrons. The molecule has 0 radical (unpaired) electrons. The molecule has 3 rings (SSSR count). The lowest BCUT2D eigenvalue weighted by atomic mass is 10.3. The highest BCUT2D eigenvalue weighted by atomic mass is 16.1. The van der Waals surface area contributed by atoms with Crippen molar-refractivity contribution in [3.05, 3.63) is 28.9 Å². The zero-order valence-electron chi connectivity index (χ0n) is 9.24. The summed E-state index contributed by atoms with van der Waals surface area (Å²) < 4.78 is 3.14. The Balaban J connectivity index is 2.40. The van der Waals surface area contributed by atoms with Crippen molar-refractivity contribution in [3.8, 4) is 0 Å². The van der Waals surface area contributed by atoms with Gasteiger partial charge in [0.25, 0.3) is 11.3 Å². The molecule has 0 saturated heterocycles. The van der Waals surface area contributed by atoms with Crippen molar-refractivity contribution in [1.29, 1.82) is 0 Å². The van der Waals surface area contributed by atoms with Gasteiger partial charge in [-0.05, 0) is 12.5 Å². The molecule has 17 heavy (non-hydrogen) atoms. The van der Waals surface area contributed by atoms with Crippen molar-refractivity contribution >= 4 is 16.8 Å². The summed E-state index contributed by atoms with van der Waals surface area (Å²) in [6.07, 6.45) is 4.03. The molecular weight excluding hydrogens is 220 g/mol. The first-order valence-electron chi connectivity index (χ1n) is 5.37. The van der Waals surface area contributed by atoms with E-state index in [9.17, 15) is 4.79 Å². The zero-order valence-corrected chi connectivity index (χ0v) is 9.24. The summed E-state index contributed by atoms with van der Waals surface area (Å²) in [7, 11) is 0. The molecule has 0 aromatic carbocycles. The monoisotopic (exact) mass is 230 g/mol. The van der Waals surface area contributed by atoms with E-state index < -0.39 is 0 Å². The average molecular weight is 230 g/mol. The van der Waals surface area contributed by atoms with E-state index in [1.165, 1.54) is 10.8 Å². The van der Waals surface area contributed by atoms with Gasteiger partial charge < -0.3 is 4.57 Å². The Bertz CT molecular complexity index is 743. The third-order valence-corrected chi connectivity index (χ3v) is 2.58. The maximum atomic E-state index is 12.1. The predicted octanol–water partition coefficient (Wildman–Crippen LogP) is 0.244. The van der Waals surface area contributed by atoms with Crippen LogP contribution in [0.3, 0.4) is 0 Å². The molecule has 0 amide bonds. The highest BCUT2D eigenvalue weighted by Crippen LogP contribution is 2.06. The molecule has 0 aliphatic heterocycles. The number of aryl methyl sites for hydroxylation is 1. The first-order chi connectivity index (χ1) is 8.31. The molecule has 0 unspecified atom stereocenters. The van der Waals surface area contributed by atoms with Crippen LogP contribution in [0.15, 0.2) is 23.4 Å². The Morgan fingerprint density at radius 3 is 3.06 bits per heavy atom. The van der Waals surface area contributed by atoms with Gasteiger partial charge in [-0.1, -0.05) is 6.92 Å². The molecule has 0 aliphatic rings. The Morgan fingerprint density at radius 1 is 1.35 bits per heavy atom. The number of nitrogens with zero attached hydrogens (tertiary/aromatic N) is 6. The summed E-state index contributed by atoms with van der Waals surface area (Å²) in [5.41, 5.74) is 0.804. The lowest BCUT2D eigenvalue weighted by Crippen LogP contribution is -2.21. The van der Waals surface area contributed by atoms with Gasteiger partial charge in [-0.3, -0.25) is 4.79 Å². The standard InChI is InChI=1S/C10H10N6O/c1-2-4-15-5-3-7-8(9(15)17)13-14-10-11-6-12-16(7)10/h3,5-6H,2,4H2,1H3. The summed E-state index contributed by atoms with van der Waals surface area (Å²) in [5, 5.41) is 11.8. The van der Waals surface area contributed by atoms with E-state index in [0.717, 1.165) is 6.42 Å². The van der Waals surface area contributed by atoms with Gasteiger partial charge in [0.05, 0.1) is 0 Å². The van der Waals surface area contributed by atoms with Gasteiger partial charge in [-0.25, -0.2) is 0 Å². The Morgan fingerprint density at radius 2 is 2.24 bits per heavy atom. The molecule has 3 aromatic rings. The van der Waals surface area contributed by atoms with Gasteiger partial charge in [0.1, 0.15) is 11.8 Å². The van der Waals surface area contributed by atoms with Crippen LogP contribution in [-0.2, 0) is 6.54 Å². The van der Waals surface area contributed by atoms with Crippen molar-refractivity contribution in [1.82, 2.24) is 29.4 Å². The first-order valence-corrected chi connectivity index (χ1v) is 5.37. The number of pyridine rings is 1. The van der Waals surface area contributed by atoms with Crippen molar-refractivity contribution in [3.63, 3.8) is 0 Å². The maximum absolute atomic E-state index is 12.1. The van der Waals surface area contributed by atoms with E-state index in [1.807, 2.05) is 13.0 Å². The van der Waals surface area contributed by atoms with Crippen LogP contribution in [0.25, 0.3) is 16.8 Å². The summed E-state index contributed by atoms with van der Waals surface area (Å²) >= 11 is 0. The smallest absolute Gasteiger partial charge is 0.280 e. The second kappa shape index (κ2) is 3.62. The van der Waals surface area contributed by atoms with E-state index in [1.54, 1.807) is 10.8 Å². The van der Waals surface area contributed by atoms with Gasteiger partial charge in [0.15, 0.2) is 5.52 Å². The van der Waals surface area contributed by atoms with Crippen molar-refractivity contribution in [2.45, 2.75) is 19.9 Å². The first kappa shape index (κ1) is 9.88. The molecule has 0 aliphatic carbocycles. The number of fused-ring (bicyclic) bond motifs is 3. The molecule has 3 aromatic heterocycles. The summed E-state index contributed by atoms with van der Waals surface area (Å²) in [6, 6.07) is 1.81. The largest absolute Gasteiger partial charge is 0.313 e.